The van der Waals surface area contributed by atoms with Gasteiger partial charge in [0.05, 0.1) is 0 Å². The highest BCUT2D eigenvalue weighted by Gasteiger charge is 2.18. The third-order valence-corrected chi connectivity index (χ3v) is 6.28. The van der Waals surface area contributed by atoms with Gasteiger partial charge in [0.25, 0.3) is 0 Å². The zero-order valence-electron chi connectivity index (χ0n) is 48.2. The molecule has 0 radical (unpaired) electrons. The SMILES string of the molecule is C#CC#CC#CC#CC#CC#CC#CC#CC#CC#CC#CC#CC#CC#CC(=O)OCC(COC(=O)C#CC#CC#CC#CC#CC#CC#CC#CC#CC#CC#CC#CC#CC#C)OC(=O)C#CC#CC#CC#CC#CC#CC#CC#CC#CC#CC#CC#CC#CC#C. The van der Waals surface area contributed by atoms with Crippen LogP contribution < -0.4 is 0 Å². The van der Waals surface area contributed by atoms with E-state index in [2.05, 4.69) is 480 Å². The number of hydrogen-bond donors (Lipinski definition) is 0. The number of rotatable bonds is 5. The van der Waals surface area contributed by atoms with Crippen molar-refractivity contribution in [1.82, 2.24) is 0 Å². The molecule has 0 spiro atoms. The molecule has 0 aliphatic carbocycles. The molecule has 96 heavy (non-hydrogen) atoms. The lowest BCUT2D eigenvalue weighted by Gasteiger charge is -2.15. The maximum Gasteiger partial charge on any atom is 0.385 e. The van der Waals surface area contributed by atoms with Crippen molar-refractivity contribution in [1.29, 1.82) is 0 Å². The van der Waals surface area contributed by atoms with E-state index in [0.29, 0.717) is 0 Å². The molecule has 0 aromatic heterocycles. The first-order valence-electron chi connectivity index (χ1n) is 24.0. The topological polar surface area (TPSA) is 78.9 Å². The van der Waals surface area contributed by atoms with Gasteiger partial charge in [-0.25, -0.2) is 14.4 Å². The molecule has 6 nitrogen and oxygen atoms in total. The van der Waals surface area contributed by atoms with Crippen LogP contribution in [0.3, 0.4) is 0 Å². The number of ether oxygens (including phenoxy) is 3. The van der Waals surface area contributed by atoms with Crippen molar-refractivity contribution in [2.75, 3.05) is 13.2 Å². The van der Waals surface area contributed by atoms with Crippen LogP contribution in [0.4, 0.5) is 0 Å². The van der Waals surface area contributed by atoms with Gasteiger partial charge in [-0.05, 0) is 284 Å². The Hall–Kier alpha value is -20.1. The van der Waals surface area contributed by atoms with Gasteiger partial charge < -0.3 is 14.2 Å². The van der Waals surface area contributed by atoms with Crippen LogP contribution in [0.25, 0.3) is 0 Å². The number of carbonyl (C=O) groups is 3. The van der Waals surface area contributed by atoms with Crippen LogP contribution in [0, 0.1) is 499 Å². The Balaban J connectivity index is 5.80. The van der Waals surface area contributed by atoms with Crippen molar-refractivity contribution in [3.8, 4) is 499 Å². The van der Waals surface area contributed by atoms with E-state index < -0.39 is 37.2 Å². The molecule has 0 N–H and O–H groups in total. The molecule has 0 heterocycles. The van der Waals surface area contributed by atoms with E-state index in [1.54, 1.807) is 0 Å². The second-order valence-corrected chi connectivity index (χ2v) is 12.4. The minimum Gasteiger partial charge on any atom is -0.452 e. The predicted octanol–water partition coefficient (Wildman–Crippen LogP) is -0.983. The van der Waals surface area contributed by atoms with Crippen molar-refractivity contribution in [3.05, 3.63) is 0 Å². The number of hydrogen-bond acceptors (Lipinski definition) is 6. The zero-order chi connectivity index (χ0) is 69.1. The summed E-state index contributed by atoms with van der Waals surface area (Å²) in [5.41, 5.74) is 0. The standard InChI is InChI=1S/C90H8O6/c1-4-7-10-13-16-19-22-25-28-31-34-37-40-43-46-49-52-55-58-61-64-67-70-73-76-79-82-88(91)94-85-87(96-90(93)84-81-78-75-72-69-66-63-60-57-54-51-48-45-42-39-36-33-30-27-24-21-18-15-12-9-6-3)86-95-89(92)83-80-77-74-71-68-65-62-59-56-53-50-47-44-41-38-35-32-29-26-23-20-17-14-11-8-5-2/h1-3,87H,85-86H2. The van der Waals surface area contributed by atoms with Gasteiger partial charge in [-0.2, -0.15) is 0 Å². The lowest BCUT2D eigenvalue weighted by molar-refractivity contribution is -0.158. The third kappa shape index (κ3) is 64.7. The molecular weight excluding hydrogens is 1180 g/mol. The van der Waals surface area contributed by atoms with Crippen molar-refractivity contribution < 1.29 is 28.6 Å². The fourth-order valence-corrected chi connectivity index (χ4v) is 3.22. The Labute approximate surface area is 561 Å². The van der Waals surface area contributed by atoms with Gasteiger partial charge in [-0.1, -0.05) is 0 Å². The van der Waals surface area contributed by atoms with Crippen LogP contribution in [0.5, 0.6) is 0 Å². The van der Waals surface area contributed by atoms with Crippen LogP contribution >= 0.6 is 0 Å². The summed E-state index contributed by atoms with van der Waals surface area (Å²) < 4.78 is 15.2. The van der Waals surface area contributed by atoms with E-state index in [1.807, 2.05) is 0 Å². The van der Waals surface area contributed by atoms with E-state index in [0.717, 1.165) is 0 Å². The molecule has 0 atom stereocenters. The van der Waals surface area contributed by atoms with Crippen molar-refractivity contribution >= 4 is 17.9 Å². The lowest BCUT2D eigenvalue weighted by atomic mass is 10.4. The van der Waals surface area contributed by atoms with Crippen LogP contribution in [0.2, 0.25) is 0 Å². The highest BCUT2D eigenvalue weighted by atomic mass is 16.6. The summed E-state index contributed by atoms with van der Waals surface area (Å²) >= 11 is 0. The quantitative estimate of drug-likeness (QED) is 0.153. The molecule has 0 aromatic carbocycles. The molecule has 404 valence electrons. The molecule has 0 aliphatic rings. The lowest BCUT2D eigenvalue weighted by Crippen LogP contribution is -2.30. The molecule has 0 fully saturated rings. The second-order valence-electron chi connectivity index (χ2n) is 12.4. The first-order valence-corrected chi connectivity index (χ1v) is 24.0. The highest BCUT2D eigenvalue weighted by Crippen LogP contribution is 1.98. The normalized spacial score (nSPS) is 4.81. The van der Waals surface area contributed by atoms with Gasteiger partial charge in [0.15, 0.2) is 6.10 Å². The first kappa shape index (κ1) is 75.9. The average Bonchev–Trinajstić information content (AvgIpc) is 3.24. The predicted molar refractivity (Wildman–Crippen MR) is 362 cm³/mol. The Morgan fingerprint density at radius 1 is 0.177 bits per heavy atom. The van der Waals surface area contributed by atoms with E-state index in [-0.39, 0.29) is 0 Å². The van der Waals surface area contributed by atoms with Gasteiger partial charge in [-0.15, -0.1) is 19.3 Å². The van der Waals surface area contributed by atoms with Crippen molar-refractivity contribution in [3.63, 3.8) is 0 Å². The Morgan fingerprint density at radius 3 is 0.427 bits per heavy atom. The summed E-state index contributed by atoms with van der Waals surface area (Å²) in [7, 11) is 0. The zero-order valence-corrected chi connectivity index (χ0v) is 48.2. The minimum absolute atomic E-state index is 0.656. The number of terminal acetylenes is 3. The smallest absolute Gasteiger partial charge is 0.385 e. The second kappa shape index (κ2) is 67.4. The van der Waals surface area contributed by atoms with E-state index in [1.165, 1.54) is 0 Å². The summed E-state index contributed by atoms with van der Waals surface area (Å²) in [5, 5.41) is 0. The van der Waals surface area contributed by atoms with Crippen molar-refractivity contribution in [2.24, 2.45) is 0 Å². The summed E-state index contributed by atoms with van der Waals surface area (Å²) in [6.07, 6.45) is 13.5. The fourth-order valence-electron chi connectivity index (χ4n) is 3.22. The monoisotopic (exact) mass is 1180 g/mol. The molecule has 0 aromatic rings. The highest BCUT2D eigenvalue weighted by molar-refractivity contribution is 5.90. The summed E-state index contributed by atoms with van der Waals surface area (Å²) in [4.78, 5) is 37.1. The van der Waals surface area contributed by atoms with Crippen molar-refractivity contribution in [2.45, 2.75) is 6.10 Å². The largest absolute Gasteiger partial charge is 0.452 e. The molecule has 0 unspecified atom stereocenters. The van der Waals surface area contributed by atoms with Crippen LogP contribution in [-0.2, 0) is 28.6 Å². The maximum absolute atomic E-state index is 12.5. The number of esters is 3. The van der Waals surface area contributed by atoms with Gasteiger partial charge in [0.2, 0.25) is 0 Å². The molecule has 0 bridgehead atoms. The molecular formula is C90H8O6. The molecule has 0 saturated heterocycles. The molecule has 0 rings (SSSR count). The molecule has 0 aliphatic heterocycles. The Kier molecular flexibility index (Phi) is 53.3. The Bertz CT molecular complexity index is 5990. The Morgan fingerprint density at radius 2 is 0.292 bits per heavy atom. The summed E-state index contributed by atoms with van der Waals surface area (Å²) in [5.74, 6) is 191. The van der Waals surface area contributed by atoms with Gasteiger partial charge in [0, 0.05) is 195 Å². The van der Waals surface area contributed by atoms with Gasteiger partial charge in [0.1, 0.15) is 13.2 Å². The average molecular weight is 1190 g/mol. The fraction of sp³-hybridized carbons (Fsp3) is 0.0333. The maximum atomic E-state index is 12.5. The number of carbonyl (C=O) groups excluding carboxylic acids is 3. The first-order chi connectivity index (χ1) is 47.5. The molecule has 0 saturated carbocycles. The van der Waals surface area contributed by atoms with E-state index in [4.69, 9.17) is 33.5 Å². The van der Waals surface area contributed by atoms with E-state index in [9.17, 15) is 14.4 Å². The van der Waals surface area contributed by atoms with Crippen LogP contribution in [-0.4, -0.2) is 37.2 Å². The third-order valence-electron chi connectivity index (χ3n) is 6.28. The molecule has 0 amide bonds. The van der Waals surface area contributed by atoms with Gasteiger partial charge in [-0.3, -0.25) is 0 Å². The summed E-state index contributed by atoms with van der Waals surface area (Å²) in [6, 6.07) is 0. The summed E-state index contributed by atoms with van der Waals surface area (Å²) in [6.45, 7) is -1.31. The molecule has 6 heteroatoms. The van der Waals surface area contributed by atoms with Crippen LogP contribution in [0.1, 0.15) is 0 Å². The minimum atomic E-state index is -1.40. The van der Waals surface area contributed by atoms with Gasteiger partial charge >= 0.3 is 17.9 Å². The van der Waals surface area contributed by atoms with E-state index >= 15 is 0 Å². The van der Waals surface area contributed by atoms with Crippen LogP contribution in [0.15, 0.2) is 0 Å².